The molecule has 4 rings (SSSR count). The summed E-state index contributed by atoms with van der Waals surface area (Å²) < 4.78 is 10.5. The van der Waals surface area contributed by atoms with Crippen molar-refractivity contribution < 1.29 is 44.0 Å². The first-order valence-corrected chi connectivity index (χ1v) is 11.7. The standard InChI is InChI=1S/C30H22O9/c1-2-38-30(37)21-22(24(32)17-11-5-3-6-12-17)26(34)27(35)28(39-29(36)18-13-7-4-8-14-18)23(21)25(33)19-15-9-10-16-20(19)31/h3-16,31,34-35H,2H2,1H3. The average molecular weight is 526 g/mol. The molecule has 0 spiro atoms. The van der Waals surface area contributed by atoms with Gasteiger partial charge < -0.3 is 24.8 Å². The van der Waals surface area contributed by atoms with Gasteiger partial charge in [0.15, 0.2) is 17.3 Å². The molecule has 0 bridgehead atoms. The third-order valence-corrected chi connectivity index (χ3v) is 5.73. The molecule has 0 aliphatic carbocycles. The van der Waals surface area contributed by atoms with E-state index in [-0.39, 0.29) is 23.3 Å². The van der Waals surface area contributed by atoms with Gasteiger partial charge in [-0.05, 0) is 31.2 Å². The van der Waals surface area contributed by atoms with Crippen molar-refractivity contribution in [3.8, 4) is 23.0 Å². The van der Waals surface area contributed by atoms with E-state index in [1.54, 1.807) is 24.3 Å². The van der Waals surface area contributed by atoms with Gasteiger partial charge in [0.05, 0.1) is 34.4 Å². The number of carbonyl (C=O) groups excluding carboxylic acids is 4. The molecule has 0 aliphatic heterocycles. The van der Waals surface area contributed by atoms with Crippen molar-refractivity contribution in [2.45, 2.75) is 6.92 Å². The minimum Gasteiger partial charge on any atom is -0.507 e. The zero-order valence-corrected chi connectivity index (χ0v) is 20.6. The molecule has 0 saturated heterocycles. The summed E-state index contributed by atoms with van der Waals surface area (Å²) in [4.78, 5) is 53.6. The van der Waals surface area contributed by atoms with Gasteiger partial charge in [-0.3, -0.25) is 9.59 Å². The molecule has 0 unspecified atom stereocenters. The molecule has 3 N–H and O–H groups in total. The Labute approximate surface area is 222 Å². The lowest BCUT2D eigenvalue weighted by atomic mass is 9.88. The summed E-state index contributed by atoms with van der Waals surface area (Å²) in [6, 6.07) is 20.4. The van der Waals surface area contributed by atoms with Crippen molar-refractivity contribution >= 4 is 23.5 Å². The molecule has 9 nitrogen and oxygen atoms in total. The zero-order chi connectivity index (χ0) is 28.1. The van der Waals surface area contributed by atoms with E-state index in [0.29, 0.717) is 0 Å². The molecule has 196 valence electrons. The predicted octanol–water partition coefficient (Wildman–Crippen LogP) is 4.66. The van der Waals surface area contributed by atoms with Crippen LogP contribution in [0, 0.1) is 0 Å². The fraction of sp³-hybridized carbons (Fsp3) is 0.0667. The predicted molar refractivity (Wildman–Crippen MR) is 139 cm³/mol. The second-order valence-electron chi connectivity index (χ2n) is 8.17. The number of esters is 2. The van der Waals surface area contributed by atoms with E-state index >= 15 is 0 Å². The van der Waals surface area contributed by atoms with Crippen LogP contribution in [0.2, 0.25) is 0 Å². The summed E-state index contributed by atoms with van der Waals surface area (Å²) >= 11 is 0. The fourth-order valence-corrected chi connectivity index (χ4v) is 3.91. The molecular weight excluding hydrogens is 504 g/mol. The lowest BCUT2D eigenvalue weighted by molar-refractivity contribution is 0.0517. The normalized spacial score (nSPS) is 10.5. The van der Waals surface area contributed by atoms with Gasteiger partial charge in [0, 0.05) is 5.56 Å². The van der Waals surface area contributed by atoms with E-state index in [0.717, 1.165) is 0 Å². The summed E-state index contributed by atoms with van der Waals surface area (Å²) in [5.41, 5.74) is -2.52. The van der Waals surface area contributed by atoms with Gasteiger partial charge in [-0.25, -0.2) is 9.59 Å². The Hall–Kier alpha value is -5.44. The SMILES string of the molecule is CCOC(=O)c1c(C(=O)c2ccccc2)c(O)c(O)c(OC(=O)c2ccccc2)c1C(=O)c1ccccc1O. The summed E-state index contributed by atoms with van der Waals surface area (Å²) in [6.45, 7) is 1.31. The molecule has 0 saturated carbocycles. The van der Waals surface area contributed by atoms with Crippen LogP contribution in [0.15, 0.2) is 84.9 Å². The van der Waals surface area contributed by atoms with E-state index in [9.17, 15) is 34.5 Å². The van der Waals surface area contributed by atoms with Gasteiger partial charge in [-0.1, -0.05) is 60.7 Å². The maximum absolute atomic E-state index is 13.8. The van der Waals surface area contributed by atoms with Crippen LogP contribution in [0.1, 0.15) is 59.5 Å². The monoisotopic (exact) mass is 526 g/mol. The Morgan fingerprint density at radius 1 is 0.615 bits per heavy atom. The van der Waals surface area contributed by atoms with Crippen LogP contribution in [0.4, 0.5) is 0 Å². The summed E-state index contributed by atoms with van der Waals surface area (Å²) in [5, 5.41) is 32.4. The molecule has 0 heterocycles. The Bertz CT molecular complexity index is 1580. The molecule has 4 aromatic rings. The van der Waals surface area contributed by atoms with Crippen molar-refractivity contribution in [3.63, 3.8) is 0 Å². The molecule has 0 radical (unpaired) electrons. The van der Waals surface area contributed by atoms with Crippen LogP contribution in [0.25, 0.3) is 0 Å². The van der Waals surface area contributed by atoms with Gasteiger partial charge >= 0.3 is 11.9 Å². The van der Waals surface area contributed by atoms with E-state index < -0.39 is 63.2 Å². The van der Waals surface area contributed by atoms with Crippen LogP contribution < -0.4 is 4.74 Å². The number of hydrogen-bond donors (Lipinski definition) is 3. The number of phenols is 3. The molecule has 0 amide bonds. The number of phenolic OH excluding ortho intramolecular Hbond substituents is 3. The van der Waals surface area contributed by atoms with Crippen LogP contribution in [0.3, 0.4) is 0 Å². The Kier molecular flexibility index (Phi) is 7.72. The van der Waals surface area contributed by atoms with E-state index in [4.69, 9.17) is 9.47 Å². The molecule has 0 fully saturated rings. The van der Waals surface area contributed by atoms with Crippen molar-refractivity contribution in [2.24, 2.45) is 0 Å². The number of hydrogen-bond acceptors (Lipinski definition) is 9. The number of benzene rings is 4. The Balaban J connectivity index is 2.07. The van der Waals surface area contributed by atoms with Crippen molar-refractivity contribution in [1.82, 2.24) is 0 Å². The summed E-state index contributed by atoms with van der Waals surface area (Å²) in [7, 11) is 0. The number of ketones is 2. The first kappa shape index (κ1) is 26.6. The van der Waals surface area contributed by atoms with Crippen LogP contribution in [0.5, 0.6) is 23.0 Å². The minimum absolute atomic E-state index is 0.0211. The highest BCUT2D eigenvalue weighted by molar-refractivity contribution is 6.24. The van der Waals surface area contributed by atoms with Crippen molar-refractivity contribution in [3.05, 3.63) is 118 Å². The van der Waals surface area contributed by atoms with Gasteiger partial charge in [0.1, 0.15) is 5.75 Å². The summed E-state index contributed by atoms with van der Waals surface area (Å²) in [6.07, 6.45) is 0. The minimum atomic E-state index is -1.21. The topological polar surface area (TPSA) is 147 Å². The number of ether oxygens (including phenoxy) is 2. The highest BCUT2D eigenvalue weighted by atomic mass is 16.5. The van der Waals surface area contributed by atoms with Gasteiger partial charge in [-0.2, -0.15) is 0 Å². The van der Waals surface area contributed by atoms with Crippen molar-refractivity contribution in [1.29, 1.82) is 0 Å². The number of carbonyl (C=O) groups is 4. The molecular formula is C30H22O9. The molecule has 0 atom stereocenters. The van der Waals surface area contributed by atoms with Gasteiger partial charge in [0.25, 0.3) is 0 Å². The first-order valence-electron chi connectivity index (χ1n) is 11.7. The lowest BCUT2D eigenvalue weighted by Gasteiger charge is -2.20. The second-order valence-corrected chi connectivity index (χ2v) is 8.17. The second kappa shape index (κ2) is 11.3. The zero-order valence-electron chi connectivity index (χ0n) is 20.6. The largest absolute Gasteiger partial charge is 0.507 e. The molecule has 0 aromatic heterocycles. The number of rotatable bonds is 8. The first-order chi connectivity index (χ1) is 18.8. The Morgan fingerprint density at radius 2 is 1.18 bits per heavy atom. The Morgan fingerprint density at radius 3 is 1.77 bits per heavy atom. The maximum Gasteiger partial charge on any atom is 0.343 e. The molecule has 39 heavy (non-hydrogen) atoms. The van der Waals surface area contributed by atoms with E-state index in [2.05, 4.69) is 0 Å². The molecule has 4 aromatic carbocycles. The molecule has 0 aliphatic rings. The van der Waals surface area contributed by atoms with Gasteiger partial charge in [-0.15, -0.1) is 0 Å². The van der Waals surface area contributed by atoms with E-state index in [1.807, 2.05) is 0 Å². The highest BCUT2D eigenvalue weighted by Gasteiger charge is 2.38. The summed E-state index contributed by atoms with van der Waals surface area (Å²) in [5.74, 6) is -7.84. The van der Waals surface area contributed by atoms with Gasteiger partial charge in [0.2, 0.25) is 11.5 Å². The fourth-order valence-electron chi connectivity index (χ4n) is 3.91. The van der Waals surface area contributed by atoms with Crippen molar-refractivity contribution in [2.75, 3.05) is 6.61 Å². The molecule has 9 heteroatoms. The third kappa shape index (κ3) is 5.19. The lowest BCUT2D eigenvalue weighted by Crippen LogP contribution is -2.21. The number of para-hydroxylation sites is 1. The third-order valence-electron chi connectivity index (χ3n) is 5.73. The van der Waals surface area contributed by atoms with E-state index in [1.165, 1.54) is 67.6 Å². The van der Waals surface area contributed by atoms with Crippen LogP contribution in [-0.4, -0.2) is 45.4 Å². The van der Waals surface area contributed by atoms with Crippen LogP contribution in [-0.2, 0) is 4.74 Å². The maximum atomic E-state index is 13.8. The quantitative estimate of drug-likeness (QED) is 0.129. The number of aromatic hydroxyl groups is 3. The smallest absolute Gasteiger partial charge is 0.343 e. The van der Waals surface area contributed by atoms with Crippen LogP contribution >= 0.6 is 0 Å². The highest BCUT2D eigenvalue weighted by Crippen LogP contribution is 2.46. The average Bonchev–Trinajstić information content (AvgIpc) is 2.96.